The lowest BCUT2D eigenvalue weighted by molar-refractivity contribution is -0.122. The second kappa shape index (κ2) is 10.8. The SMILES string of the molecule is Cc1ccccc1NC(=O)CCCCCN1C(=O)/C(=C/c2cc(Cl)ccc2O)SC1=S. The monoisotopic (exact) mass is 474 g/mol. The maximum Gasteiger partial charge on any atom is 0.266 e. The number of hydrogen-bond acceptors (Lipinski definition) is 5. The van der Waals surface area contributed by atoms with E-state index in [1.807, 2.05) is 31.2 Å². The van der Waals surface area contributed by atoms with Crippen molar-refractivity contribution >= 4 is 63.5 Å². The van der Waals surface area contributed by atoms with Gasteiger partial charge in [0.15, 0.2) is 0 Å². The summed E-state index contributed by atoms with van der Waals surface area (Å²) in [5, 5.41) is 13.4. The Morgan fingerprint density at radius 2 is 2.00 bits per heavy atom. The Balaban J connectivity index is 1.45. The molecule has 3 rings (SSSR count). The first-order valence-electron chi connectivity index (χ1n) is 9.94. The maximum atomic E-state index is 12.7. The Hall–Kier alpha value is -2.35. The van der Waals surface area contributed by atoms with E-state index < -0.39 is 0 Å². The molecule has 31 heavy (non-hydrogen) atoms. The van der Waals surface area contributed by atoms with Crippen molar-refractivity contribution in [3.8, 4) is 5.75 Å². The molecule has 0 spiro atoms. The Labute approximate surface area is 196 Å². The van der Waals surface area contributed by atoms with Crippen LogP contribution in [-0.4, -0.2) is 32.7 Å². The van der Waals surface area contributed by atoms with Crippen molar-refractivity contribution in [2.75, 3.05) is 11.9 Å². The number of hydrogen-bond donors (Lipinski definition) is 2. The highest BCUT2D eigenvalue weighted by atomic mass is 35.5. The van der Waals surface area contributed by atoms with Gasteiger partial charge in [0.25, 0.3) is 5.91 Å². The van der Waals surface area contributed by atoms with E-state index in [1.54, 1.807) is 23.1 Å². The third-order valence-corrected chi connectivity index (χ3v) is 6.47. The van der Waals surface area contributed by atoms with E-state index in [2.05, 4.69) is 5.32 Å². The fourth-order valence-electron chi connectivity index (χ4n) is 3.13. The average Bonchev–Trinajstić information content (AvgIpc) is 2.99. The van der Waals surface area contributed by atoms with Crippen molar-refractivity contribution in [1.82, 2.24) is 4.90 Å². The number of benzene rings is 2. The molecule has 5 nitrogen and oxygen atoms in total. The van der Waals surface area contributed by atoms with Crippen molar-refractivity contribution in [1.29, 1.82) is 0 Å². The Morgan fingerprint density at radius 3 is 2.77 bits per heavy atom. The lowest BCUT2D eigenvalue weighted by Gasteiger charge is -2.14. The number of nitrogens with zero attached hydrogens (tertiary/aromatic N) is 1. The zero-order valence-electron chi connectivity index (χ0n) is 17.1. The number of phenolic OH excluding ortho intramolecular Hbond substituents is 1. The van der Waals surface area contributed by atoms with Crippen LogP contribution in [0.5, 0.6) is 5.75 Å². The molecule has 1 aliphatic rings. The molecule has 1 heterocycles. The normalized spacial score (nSPS) is 15.0. The molecule has 2 aromatic rings. The van der Waals surface area contributed by atoms with E-state index in [0.29, 0.717) is 32.8 Å². The number of carbonyl (C=O) groups excluding carboxylic acids is 2. The molecular weight excluding hydrogens is 452 g/mol. The van der Waals surface area contributed by atoms with Crippen LogP contribution in [0.2, 0.25) is 5.02 Å². The summed E-state index contributed by atoms with van der Waals surface area (Å²) in [5.74, 6) is -0.130. The third-order valence-electron chi connectivity index (χ3n) is 4.85. The smallest absolute Gasteiger partial charge is 0.266 e. The molecular formula is C23H23ClN2O3S2. The number of nitrogens with one attached hydrogen (secondary N) is 1. The second-order valence-electron chi connectivity index (χ2n) is 7.21. The van der Waals surface area contributed by atoms with Gasteiger partial charge in [0, 0.05) is 29.2 Å². The van der Waals surface area contributed by atoms with Gasteiger partial charge >= 0.3 is 0 Å². The molecule has 2 aromatic carbocycles. The number of aryl methyl sites for hydroxylation is 1. The fraction of sp³-hybridized carbons (Fsp3) is 0.261. The minimum Gasteiger partial charge on any atom is -0.507 e. The van der Waals surface area contributed by atoms with Crippen molar-refractivity contribution < 1.29 is 14.7 Å². The first-order chi connectivity index (χ1) is 14.8. The molecule has 1 aliphatic heterocycles. The molecule has 1 saturated heterocycles. The number of amides is 2. The molecule has 0 aromatic heterocycles. The van der Waals surface area contributed by atoms with Crippen LogP contribution in [0.15, 0.2) is 47.4 Å². The number of halogens is 1. The number of para-hydroxylation sites is 1. The summed E-state index contributed by atoms with van der Waals surface area (Å²) in [6.45, 7) is 2.46. The minimum atomic E-state index is -0.174. The van der Waals surface area contributed by atoms with Gasteiger partial charge in [0.05, 0.1) is 4.91 Å². The zero-order valence-corrected chi connectivity index (χ0v) is 19.4. The molecule has 2 amide bonds. The quantitative estimate of drug-likeness (QED) is 0.289. The fourth-order valence-corrected chi connectivity index (χ4v) is 4.61. The maximum absolute atomic E-state index is 12.7. The molecule has 0 radical (unpaired) electrons. The van der Waals surface area contributed by atoms with Crippen molar-refractivity contribution in [2.45, 2.75) is 32.6 Å². The van der Waals surface area contributed by atoms with E-state index in [1.165, 1.54) is 17.8 Å². The van der Waals surface area contributed by atoms with Crippen LogP contribution in [0, 0.1) is 6.92 Å². The highest BCUT2D eigenvalue weighted by molar-refractivity contribution is 8.26. The molecule has 0 atom stereocenters. The summed E-state index contributed by atoms with van der Waals surface area (Å²) >= 11 is 12.5. The third kappa shape index (κ3) is 6.32. The number of rotatable bonds is 8. The van der Waals surface area contributed by atoms with Gasteiger partial charge in [-0.3, -0.25) is 14.5 Å². The van der Waals surface area contributed by atoms with Crippen LogP contribution in [0.3, 0.4) is 0 Å². The standard InChI is InChI=1S/C23H23ClN2O3S2/c1-15-7-4-5-8-18(15)25-21(28)9-3-2-6-12-26-22(29)20(31-23(26)30)14-16-13-17(24)10-11-19(16)27/h4-5,7-8,10-11,13-14,27H,2-3,6,9,12H2,1H3,(H,25,28)/b20-14-. The molecule has 1 fully saturated rings. The molecule has 0 aliphatic carbocycles. The molecule has 8 heteroatoms. The Morgan fingerprint density at radius 1 is 1.23 bits per heavy atom. The predicted octanol–water partition coefficient (Wildman–Crippen LogP) is 5.75. The number of carbonyl (C=O) groups is 2. The number of phenols is 1. The van der Waals surface area contributed by atoms with Crippen LogP contribution in [0.1, 0.15) is 36.8 Å². The van der Waals surface area contributed by atoms with E-state index in [9.17, 15) is 14.7 Å². The summed E-state index contributed by atoms with van der Waals surface area (Å²) in [4.78, 5) is 26.8. The van der Waals surface area contributed by atoms with Crippen molar-refractivity contribution in [3.05, 3.63) is 63.5 Å². The highest BCUT2D eigenvalue weighted by Gasteiger charge is 2.31. The van der Waals surface area contributed by atoms with Crippen LogP contribution in [0.4, 0.5) is 5.69 Å². The largest absolute Gasteiger partial charge is 0.507 e. The Bertz CT molecular complexity index is 1040. The second-order valence-corrected chi connectivity index (χ2v) is 9.32. The summed E-state index contributed by atoms with van der Waals surface area (Å²) < 4.78 is 0.495. The highest BCUT2D eigenvalue weighted by Crippen LogP contribution is 2.34. The van der Waals surface area contributed by atoms with Crippen LogP contribution >= 0.6 is 35.6 Å². The van der Waals surface area contributed by atoms with Gasteiger partial charge in [-0.2, -0.15) is 0 Å². The average molecular weight is 475 g/mol. The van der Waals surface area contributed by atoms with E-state index in [-0.39, 0.29) is 17.6 Å². The van der Waals surface area contributed by atoms with Gasteiger partial charge in [0.1, 0.15) is 10.1 Å². The molecule has 162 valence electrons. The number of thiocarbonyl (C=S) groups is 1. The molecule has 0 saturated carbocycles. The lowest BCUT2D eigenvalue weighted by Crippen LogP contribution is -2.29. The van der Waals surface area contributed by atoms with Gasteiger partial charge in [-0.15, -0.1) is 0 Å². The van der Waals surface area contributed by atoms with E-state index >= 15 is 0 Å². The van der Waals surface area contributed by atoms with Crippen LogP contribution in [0.25, 0.3) is 6.08 Å². The van der Waals surface area contributed by atoms with Crippen LogP contribution in [-0.2, 0) is 9.59 Å². The van der Waals surface area contributed by atoms with Crippen molar-refractivity contribution in [2.24, 2.45) is 0 Å². The summed E-state index contributed by atoms with van der Waals surface area (Å²) in [6, 6.07) is 12.4. The van der Waals surface area contributed by atoms with Gasteiger partial charge in [-0.1, -0.05) is 60.2 Å². The summed E-state index contributed by atoms with van der Waals surface area (Å²) in [5.41, 5.74) is 2.35. The van der Waals surface area contributed by atoms with Crippen LogP contribution < -0.4 is 5.32 Å². The number of thioether (sulfide) groups is 1. The van der Waals surface area contributed by atoms with Gasteiger partial charge in [-0.25, -0.2) is 0 Å². The summed E-state index contributed by atoms with van der Waals surface area (Å²) in [7, 11) is 0. The van der Waals surface area contributed by atoms with E-state index in [0.717, 1.165) is 30.5 Å². The van der Waals surface area contributed by atoms with E-state index in [4.69, 9.17) is 23.8 Å². The van der Waals surface area contributed by atoms with Gasteiger partial charge in [0.2, 0.25) is 5.91 Å². The molecule has 2 N–H and O–H groups in total. The number of unbranched alkanes of at least 4 members (excludes halogenated alkanes) is 2. The first kappa shape index (κ1) is 23.3. The first-order valence-corrected chi connectivity index (χ1v) is 11.5. The number of aromatic hydroxyl groups is 1. The molecule has 0 bridgehead atoms. The lowest BCUT2D eigenvalue weighted by atomic mass is 10.1. The van der Waals surface area contributed by atoms with Crippen molar-refractivity contribution in [3.63, 3.8) is 0 Å². The zero-order chi connectivity index (χ0) is 22.4. The van der Waals surface area contributed by atoms with Gasteiger partial charge < -0.3 is 10.4 Å². The Kier molecular flexibility index (Phi) is 8.12. The topological polar surface area (TPSA) is 69.6 Å². The summed E-state index contributed by atoms with van der Waals surface area (Å²) in [6.07, 6.45) is 4.34. The predicted molar refractivity (Wildman–Crippen MR) is 131 cm³/mol. The van der Waals surface area contributed by atoms with Gasteiger partial charge in [-0.05, 0) is 55.7 Å². The number of anilines is 1. The minimum absolute atomic E-state index is 0.0100. The molecule has 0 unspecified atom stereocenters.